The van der Waals surface area contributed by atoms with Crippen LogP contribution in [0, 0.1) is 13.8 Å². The number of sulfonamides is 1. The molecule has 0 saturated carbocycles. The van der Waals surface area contributed by atoms with Crippen molar-refractivity contribution >= 4 is 15.9 Å². The first-order chi connectivity index (χ1) is 15.8. The van der Waals surface area contributed by atoms with Gasteiger partial charge in [0.15, 0.2) is 0 Å². The molecule has 2 heterocycles. The first-order valence-corrected chi connectivity index (χ1v) is 12.5. The van der Waals surface area contributed by atoms with Gasteiger partial charge in [0.2, 0.25) is 10.0 Å². The van der Waals surface area contributed by atoms with Gasteiger partial charge in [0, 0.05) is 42.3 Å². The number of carbonyl (C=O) groups excluding carboxylic acids is 1. The third-order valence-corrected chi connectivity index (χ3v) is 7.67. The summed E-state index contributed by atoms with van der Waals surface area (Å²) in [7, 11) is -1.93. The van der Waals surface area contributed by atoms with Gasteiger partial charge in [0.25, 0.3) is 5.91 Å². The molecule has 174 valence electrons. The van der Waals surface area contributed by atoms with Crippen LogP contribution in [0.4, 0.5) is 0 Å². The standard InChI is InChI=1S/C25H29N3O4S/c1-18-16-24(19(2)28(18)21-8-7-9-22(17-21)32-3)25(29)27-14-12-20(13-15-27)26-33(30,31)23-10-5-4-6-11-23/h4-11,16-17,20,26H,12-15H2,1-3H3. The van der Waals surface area contributed by atoms with Gasteiger partial charge in [-0.3, -0.25) is 4.79 Å². The van der Waals surface area contributed by atoms with Gasteiger partial charge < -0.3 is 14.2 Å². The minimum absolute atomic E-state index is 0.0263. The van der Waals surface area contributed by atoms with E-state index in [2.05, 4.69) is 9.29 Å². The third kappa shape index (κ3) is 4.82. The zero-order valence-corrected chi connectivity index (χ0v) is 19.9. The Morgan fingerprint density at radius 2 is 1.70 bits per heavy atom. The Labute approximate surface area is 195 Å². The molecule has 2 aromatic carbocycles. The molecule has 7 nitrogen and oxygen atoms in total. The number of benzene rings is 2. The Bertz CT molecular complexity index is 1240. The first kappa shape index (κ1) is 23.1. The molecule has 0 bridgehead atoms. The van der Waals surface area contributed by atoms with Crippen LogP contribution < -0.4 is 9.46 Å². The second-order valence-corrected chi connectivity index (χ2v) is 10.0. The summed E-state index contributed by atoms with van der Waals surface area (Å²) in [5, 5.41) is 0. The second kappa shape index (κ2) is 9.41. The number of piperidine rings is 1. The minimum atomic E-state index is -3.56. The SMILES string of the molecule is COc1cccc(-n2c(C)cc(C(=O)N3CCC(NS(=O)(=O)c4ccccc4)CC3)c2C)c1. The van der Waals surface area contributed by atoms with Crippen molar-refractivity contribution in [3.8, 4) is 11.4 Å². The highest BCUT2D eigenvalue weighted by Gasteiger charge is 2.29. The first-order valence-electron chi connectivity index (χ1n) is 11.0. The number of aryl methyl sites for hydroxylation is 1. The van der Waals surface area contributed by atoms with Crippen LogP contribution in [0.15, 0.2) is 65.6 Å². The van der Waals surface area contributed by atoms with Crippen molar-refractivity contribution in [2.45, 2.75) is 37.6 Å². The van der Waals surface area contributed by atoms with Crippen LogP contribution in [0.1, 0.15) is 34.6 Å². The van der Waals surface area contributed by atoms with Gasteiger partial charge in [-0.05, 0) is 57.0 Å². The molecule has 0 aliphatic carbocycles. The summed E-state index contributed by atoms with van der Waals surface area (Å²) in [6, 6.07) is 17.8. The molecule has 1 amide bonds. The zero-order valence-electron chi connectivity index (χ0n) is 19.1. The van der Waals surface area contributed by atoms with E-state index in [9.17, 15) is 13.2 Å². The van der Waals surface area contributed by atoms with E-state index < -0.39 is 10.0 Å². The number of hydrogen-bond acceptors (Lipinski definition) is 4. The highest BCUT2D eigenvalue weighted by atomic mass is 32.2. The van der Waals surface area contributed by atoms with Crippen LogP contribution in [0.5, 0.6) is 5.75 Å². The van der Waals surface area contributed by atoms with E-state index in [1.807, 2.05) is 49.1 Å². The molecule has 1 aliphatic rings. The smallest absolute Gasteiger partial charge is 0.255 e. The number of methoxy groups -OCH3 is 1. The van der Waals surface area contributed by atoms with Crippen molar-refractivity contribution < 1.29 is 17.9 Å². The van der Waals surface area contributed by atoms with Gasteiger partial charge >= 0.3 is 0 Å². The highest BCUT2D eigenvalue weighted by Crippen LogP contribution is 2.26. The molecule has 0 atom stereocenters. The van der Waals surface area contributed by atoms with E-state index in [0.717, 1.165) is 22.8 Å². The van der Waals surface area contributed by atoms with Gasteiger partial charge in [-0.25, -0.2) is 13.1 Å². The fourth-order valence-corrected chi connectivity index (χ4v) is 5.71. The highest BCUT2D eigenvalue weighted by molar-refractivity contribution is 7.89. The molecule has 0 spiro atoms. The number of hydrogen-bond donors (Lipinski definition) is 1. The van der Waals surface area contributed by atoms with E-state index >= 15 is 0 Å². The van der Waals surface area contributed by atoms with Gasteiger partial charge in [0.05, 0.1) is 17.6 Å². The van der Waals surface area contributed by atoms with Gasteiger partial charge in [-0.1, -0.05) is 24.3 Å². The van der Waals surface area contributed by atoms with Crippen molar-refractivity contribution in [3.05, 3.63) is 77.6 Å². The molecular weight excluding hydrogens is 438 g/mol. The Morgan fingerprint density at radius 1 is 1.00 bits per heavy atom. The predicted octanol–water partition coefficient (Wildman–Crippen LogP) is 3.69. The summed E-state index contributed by atoms with van der Waals surface area (Å²) in [5.74, 6) is 0.731. The number of carbonyl (C=O) groups is 1. The number of aromatic nitrogens is 1. The average molecular weight is 468 g/mol. The molecule has 33 heavy (non-hydrogen) atoms. The van der Waals surface area contributed by atoms with Crippen molar-refractivity contribution in [1.29, 1.82) is 0 Å². The zero-order chi connectivity index (χ0) is 23.6. The van der Waals surface area contributed by atoms with Crippen molar-refractivity contribution in [3.63, 3.8) is 0 Å². The van der Waals surface area contributed by atoms with Crippen LogP contribution in [0.2, 0.25) is 0 Å². The number of ether oxygens (including phenoxy) is 1. The van der Waals surface area contributed by atoms with Crippen LogP contribution in [-0.4, -0.2) is 50.0 Å². The monoisotopic (exact) mass is 467 g/mol. The Hall–Kier alpha value is -3.10. The molecule has 0 unspecified atom stereocenters. The number of rotatable bonds is 6. The summed E-state index contributed by atoms with van der Waals surface area (Å²) >= 11 is 0. The summed E-state index contributed by atoms with van der Waals surface area (Å²) < 4.78 is 35.4. The molecule has 8 heteroatoms. The van der Waals surface area contributed by atoms with E-state index in [0.29, 0.717) is 31.5 Å². The minimum Gasteiger partial charge on any atom is -0.497 e. The summed E-state index contributed by atoms with van der Waals surface area (Å²) in [6.45, 7) is 4.93. The lowest BCUT2D eigenvalue weighted by molar-refractivity contribution is 0.0710. The maximum atomic E-state index is 13.3. The largest absolute Gasteiger partial charge is 0.497 e. The molecule has 0 radical (unpaired) electrons. The summed E-state index contributed by atoms with van der Waals surface area (Å²) in [4.78, 5) is 15.4. The number of nitrogens with zero attached hydrogens (tertiary/aromatic N) is 2. The fourth-order valence-electron chi connectivity index (χ4n) is 4.38. The Morgan fingerprint density at radius 3 is 2.36 bits per heavy atom. The molecule has 1 aliphatic heterocycles. The third-order valence-electron chi connectivity index (χ3n) is 6.13. The van der Waals surface area contributed by atoms with Crippen LogP contribution in [0.3, 0.4) is 0 Å². The van der Waals surface area contributed by atoms with Crippen LogP contribution in [0.25, 0.3) is 5.69 Å². The molecule has 1 fully saturated rings. The van der Waals surface area contributed by atoms with E-state index in [-0.39, 0.29) is 16.8 Å². The number of likely N-dealkylation sites (tertiary alicyclic amines) is 1. The van der Waals surface area contributed by atoms with Gasteiger partial charge in [-0.15, -0.1) is 0 Å². The maximum absolute atomic E-state index is 13.3. The summed E-state index contributed by atoms with van der Waals surface area (Å²) in [5.41, 5.74) is 3.45. The van der Waals surface area contributed by atoms with Crippen LogP contribution in [-0.2, 0) is 10.0 Å². The van der Waals surface area contributed by atoms with Gasteiger partial charge in [0.1, 0.15) is 5.75 Å². The lowest BCUT2D eigenvalue weighted by atomic mass is 10.0. The van der Waals surface area contributed by atoms with E-state index in [4.69, 9.17) is 4.74 Å². The maximum Gasteiger partial charge on any atom is 0.255 e. The number of nitrogens with one attached hydrogen (secondary N) is 1. The van der Waals surface area contributed by atoms with Crippen LogP contribution >= 0.6 is 0 Å². The molecule has 4 rings (SSSR count). The molecular formula is C25H29N3O4S. The topological polar surface area (TPSA) is 80.6 Å². The lowest BCUT2D eigenvalue weighted by Gasteiger charge is -2.32. The van der Waals surface area contributed by atoms with E-state index in [1.165, 1.54) is 0 Å². The lowest BCUT2D eigenvalue weighted by Crippen LogP contribution is -2.46. The fraction of sp³-hybridized carbons (Fsp3) is 0.320. The summed E-state index contributed by atoms with van der Waals surface area (Å²) in [6.07, 6.45) is 1.15. The molecule has 3 aromatic rings. The van der Waals surface area contributed by atoms with Crippen molar-refractivity contribution in [1.82, 2.24) is 14.2 Å². The second-order valence-electron chi connectivity index (χ2n) is 8.32. The molecule has 1 saturated heterocycles. The Balaban J connectivity index is 1.45. The number of amides is 1. The molecule has 1 aromatic heterocycles. The van der Waals surface area contributed by atoms with Crippen molar-refractivity contribution in [2.24, 2.45) is 0 Å². The Kier molecular flexibility index (Phi) is 6.58. The molecule has 1 N–H and O–H groups in total. The van der Waals surface area contributed by atoms with Gasteiger partial charge in [-0.2, -0.15) is 0 Å². The average Bonchev–Trinajstić information content (AvgIpc) is 3.13. The normalized spacial score (nSPS) is 14.9. The quantitative estimate of drug-likeness (QED) is 0.600. The van der Waals surface area contributed by atoms with E-state index in [1.54, 1.807) is 37.4 Å². The van der Waals surface area contributed by atoms with Crippen molar-refractivity contribution in [2.75, 3.05) is 20.2 Å². The predicted molar refractivity (Wildman–Crippen MR) is 127 cm³/mol.